The minimum absolute atomic E-state index is 0.0714. The van der Waals surface area contributed by atoms with Crippen LogP contribution in [0.5, 0.6) is 5.88 Å². The molecule has 0 aliphatic carbocycles. The molecular formula is C39H46N8O5S. The quantitative estimate of drug-likeness (QED) is 0.288. The van der Waals surface area contributed by atoms with Crippen molar-refractivity contribution in [2.75, 3.05) is 35.9 Å². The molecule has 13 nitrogen and oxygen atoms in total. The number of carbonyl (C=O) groups excluding carboxylic acids is 2. The van der Waals surface area contributed by atoms with Gasteiger partial charge in [-0.1, -0.05) is 45.0 Å². The van der Waals surface area contributed by atoms with Crippen LogP contribution in [0.4, 0.5) is 11.8 Å². The second kappa shape index (κ2) is 14.0. The van der Waals surface area contributed by atoms with Crippen LogP contribution in [0.15, 0.2) is 65.8 Å². The predicted octanol–water partition coefficient (Wildman–Crippen LogP) is 5.25. The number of anilines is 2. The van der Waals surface area contributed by atoms with Crippen molar-refractivity contribution in [3.05, 3.63) is 83.3 Å². The van der Waals surface area contributed by atoms with Crippen LogP contribution in [0, 0.1) is 25.2 Å². The smallest absolute Gasteiger partial charge is 0.264 e. The fourth-order valence-corrected chi connectivity index (χ4v) is 8.82. The summed E-state index contributed by atoms with van der Waals surface area (Å²) in [5.41, 5.74) is 3.85. The summed E-state index contributed by atoms with van der Waals surface area (Å²) in [6.45, 7) is 14.2. The summed E-state index contributed by atoms with van der Waals surface area (Å²) in [6.07, 6.45) is 4.91. The molecule has 2 saturated heterocycles. The van der Waals surface area contributed by atoms with Crippen molar-refractivity contribution in [2.24, 2.45) is 11.3 Å². The molecule has 4 aromatic rings. The van der Waals surface area contributed by atoms with E-state index in [1.165, 1.54) is 12.1 Å². The van der Waals surface area contributed by atoms with Crippen LogP contribution in [-0.2, 0) is 21.4 Å². The normalized spacial score (nSPS) is 21.2. The molecule has 7 rings (SSSR count). The Hall–Kier alpha value is -5.11. The number of nitrogens with one attached hydrogen (secondary N) is 1. The first-order valence-corrected chi connectivity index (χ1v) is 19.5. The number of carbonyl (C=O) groups is 2. The number of fused-ring (bicyclic) bond motifs is 5. The van der Waals surface area contributed by atoms with Crippen molar-refractivity contribution in [1.29, 1.82) is 0 Å². The first kappa shape index (κ1) is 36.3. The fourth-order valence-electron chi connectivity index (χ4n) is 7.83. The molecule has 0 radical (unpaired) electrons. The second-order valence-corrected chi connectivity index (χ2v) is 17.3. The second-order valence-electron chi connectivity index (χ2n) is 15.6. The summed E-state index contributed by atoms with van der Waals surface area (Å²) >= 11 is 0. The Bertz CT molecular complexity index is 2150. The lowest BCUT2D eigenvalue weighted by Gasteiger charge is -2.35. The van der Waals surface area contributed by atoms with Gasteiger partial charge in [-0.05, 0) is 61.4 Å². The summed E-state index contributed by atoms with van der Waals surface area (Å²) < 4.78 is 36.5. The third-order valence-electron chi connectivity index (χ3n) is 10.3. The van der Waals surface area contributed by atoms with Gasteiger partial charge in [0.2, 0.25) is 17.7 Å². The van der Waals surface area contributed by atoms with E-state index >= 15 is 0 Å². The summed E-state index contributed by atoms with van der Waals surface area (Å²) in [5, 5.41) is 0. The van der Waals surface area contributed by atoms with Gasteiger partial charge in [-0.15, -0.1) is 0 Å². The van der Waals surface area contributed by atoms with E-state index in [0.29, 0.717) is 36.1 Å². The topological polar surface area (TPSA) is 151 Å². The van der Waals surface area contributed by atoms with Crippen molar-refractivity contribution >= 4 is 33.6 Å². The molecule has 3 aliphatic rings. The highest BCUT2D eigenvalue weighted by molar-refractivity contribution is 7.92. The standard InChI is InChI=1S/C39H46N8O5S/c1-24-9-7-10-25(2)36(24)32-16-35-43-38(42-32)44-53(50,51)31-12-8-11-27(15-31)37(49)47(30(23-52-35)17-39(4,5)6)21-29-18-40-19-34(41-29)46-14-13-28-20-45(26(3)48)22-33(28)46/h7-12,15-16,18-19,28,30,33H,13-14,17,20-23H2,1-6H3,(H,42,43,44)/t28-,30+,33?/m0/s1. The number of benzene rings is 2. The van der Waals surface area contributed by atoms with Crippen molar-refractivity contribution in [1.82, 2.24) is 29.7 Å². The Morgan fingerprint density at radius 2 is 1.75 bits per heavy atom. The minimum Gasteiger partial charge on any atom is -0.475 e. The molecular weight excluding hydrogens is 693 g/mol. The average molecular weight is 739 g/mol. The van der Waals surface area contributed by atoms with E-state index in [1.54, 1.807) is 42.4 Å². The molecule has 0 saturated carbocycles. The summed E-state index contributed by atoms with van der Waals surface area (Å²) in [5.74, 6) is 0.820. The molecule has 1 N–H and O–H groups in total. The van der Waals surface area contributed by atoms with Crippen molar-refractivity contribution in [2.45, 2.75) is 77.9 Å². The number of sulfonamides is 1. The van der Waals surface area contributed by atoms with Gasteiger partial charge in [-0.3, -0.25) is 14.6 Å². The highest BCUT2D eigenvalue weighted by Crippen LogP contribution is 2.35. The molecule has 2 aromatic carbocycles. The van der Waals surface area contributed by atoms with Crippen LogP contribution in [0.2, 0.25) is 0 Å². The van der Waals surface area contributed by atoms with E-state index in [2.05, 4.69) is 45.3 Å². The third kappa shape index (κ3) is 7.68. The van der Waals surface area contributed by atoms with Gasteiger partial charge in [0.25, 0.3) is 15.9 Å². The van der Waals surface area contributed by atoms with Gasteiger partial charge in [0.15, 0.2) is 0 Å². The lowest BCUT2D eigenvalue weighted by Crippen LogP contribution is -2.45. The van der Waals surface area contributed by atoms with Crippen molar-refractivity contribution < 1.29 is 22.7 Å². The Balaban J connectivity index is 1.29. The maximum Gasteiger partial charge on any atom is 0.264 e. The number of ether oxygens (including phenoxy) is 1. The summed E-state index contributed by atoms with van der Waals surface area (Å²) in [7, 11) is -4.21. The van der Waals surface area contributed by atoms with E-state index in [9.17, 15) is 18.0 Å². The van der Waals surface area contributed by atoms with Crippen LogP contribution in [0.3, 0.4) is 0 Å². The lowest BCUT2D eigenvalue weighted by atomic mass is 9.87. The molecule has 14 heteroatoms. The SMILES string of the molecule is CC(=O)N1CC2[C@@H](CCN2c2cncc(CN3C(=O)c4cccc(c4)S(=O)(=O)Nc4nc(cc(-c5c(C)cccc5C)n4)OC[C@H]3CC(C)(C)C)n2)C1. The minimum atomic E-state index is -4.21. The van der Waals surface area contributed by atoms with Gasteiger partial charge in [0, 0.05) is 49.7 Å². The number of aryl methyl sites for hydroxylation is 2. The van der Waals surface area contributed by atoms with Crippen molar-refractivity contribution in [3.63, 3.8) is 0 Å². The molecule has 5 heterocycles. The number of likely N-dealkylation sites (tertiary alicyclic amines) is 1. The van der Waals surface area contributed by atoms with Gasteiger partial charge < -0.3 is 19.4 Å². The van der Waals surface area contributed by atoms with Gasteiger partial charge in [-0.2, -0.15) is 4.98 Å². The number of amides is 2. The first-order chi connectivity index (χ1) is 25.1. The van der Waals surface area contributed by atoms with Gasteiger partial charge in [-0.25, -0.2) is 23.1 Å². The number of aromatic nitrogens is 4. The van der Waals surface area contributed by atoms with E-state index < -0.39 is 16.1 Å². The van der Waals surface area contributed by atoms with Crippen LogP contribution in [-0.4, -0.2) is 88.3 Å². The molecule has 1 unspecified atom stereocenters. The molecule has 4 bridgehead atoms. The Kier molecular flexibility index (Phi) is 9.60. The van der Waals surface area contributed by atoms with E-state index in [-0.39, 0.29) is 58.7 Å². The van der Waals surface area contributed by atoms with Gasteiger partial charge in [0.1, 0.15) is 12.4 Å². The number of rotatable bonds is 5. The Morgan fingerprint density at radius 1 is 1.00 bits per heavy atom. The summed E-state index contributed by atoms with van der Waals surface area (Å²) in [6, 6.07) is 13.3. The number of nitrogens with zero attached hydrogens (tertiary/aromatic N) is 7. The molecule has 3 atom stereocenters. The number of hydrogen-bond acceptors (Lipinski definition) is 10. The number of hydrogen-bond donors (Lipinski definition) is 1. The summed E-state index contributed by atoms with van der Waals surface area (Å²) in [4.78, 5) is 51.2. The van der Waals surface area contributed by atoms with Gasteiger partial charge >= 0.3 is 0 Å². The molecule has 2 fully saturated rings. The van der Waals surface area contributed by atoms with E-state index in [0.717, 1.165) is 36.2 Å². The highest BCUT2D eigenvalue weighted by Gasteiger charge is 2.43. The zero-order valence-corrected chi connectivity index (χ0v) is 31.9. The third-order valence-corrected chi connectivity index (χ3v) is 11.6. The zero-order chi connectivity index (χ0) is 37.7. The molecule has 3 aliphatic heterocycles. The van der Waals surface area contributed by atoms with E-state index in [4.69, 9.17) is 9.72 Å². The van der Waals surface area contributed by atoms with Crippen LogP contribution < -0.4 is 14.4 Å². The van der Waals surface area contributed by atoms with Crippen LogP contribution in [0.1, 0.15) is 67.7 Å². The Morgan fingerprint density at radius 3 is 2.49 bits per heavy atom. The molecule has 278 valence electrons. The van der Waals surface area contributed by atoms with Crippen LogP contribution >= 0.6 is 0 Å². The van der Waals surface area contributed by atoms with Crippen LogP contribution in [0.25, 0.3) is 11.3 Å². The lowest BCUT2D eigenvalue weighted by molar-refractivity contribution is -0.128. The maximum atomic E-state index is 14.6. The maximum absolute atomic E-state index is 14.6. The molecule has 2 aromatic heterocycles. The zero-order valence-electron chi connectivity index (χ0n) is 31.0. The fraction of sp³-hybridized carbons (Fsp3) is 0.436. The Labute approximate surface area is 310 Å². The van der Waals surface area contributed by atoms with Crippen molar-refractivity contribution in [3.8, 4) is 17.1 Å². The largest absolute Gasteiger partial charge is 0.475 e. The average Bonchev–Trinajstić information content (AvgIpc) is 3.70. The highest BCUT2D eigenvalue weighted by atomic mass is 32.2. The molecule has 0 spiro atoms. The molecule has 53 heavy (non-hydrogen) atoms. The first-order valence-electron chi connectivity index (χ1n) is 18.0. The van der Waals surface area contributed by atoms with E-state index in [1.807, 2.05) is 36.9 Å². The monoisotopic (exact) mass is 738 g/mol. The predicted molar refractivity (Wildman–Crippen MR) is 201 cm³/mol. The van der Waals surface area contributed by atoms with Gasteiger partial charge in [0.05, 0.1) is 47.3 Å². The molecule has 2 amide bonds.